The molecule has 0 spiro atoms. The number of carbonyl (C=O) groups excluding carboxylic acids is 3. The highest BCUT2D eigenvalue weighted by Gasteiger charge is 2.31. The summed E-state index contributed by atoms with van der Waals surface area (Å²) >= 11 is 0. The molecule has 0 unspecified atom stereocenters. The van der Waals surface area contributed by atoms with E-state index in [4.69, 9.17) is 28.4 Å². The van der Waals surface area contributed by atoms with Crippen molar-refractivity contribution in [3.8, 4) is 17.2 Å². The quantitative estimate of drug-likeness (QED) is 0.254. The van der Waals surface area contributed by atoms with Crippen molar-refractivity contribution >= 4 is 17.8 Å². The summed E-state index contributed by atoms with van der Waals surface area (Å²) in [5.74, 6) is -1.16. The van der Waals surface area contributed by atoms with Gasteiger partial charge in [0.1, 0.15) is 18.4 Å². The standard InChI is InChI=1S/C27H36N2O9/c1-6-15-34-21(7-2)25(38-20-11-9-8-10-12-20)18(3)37-23(31)16-29-27(32)24-26(36-17-35-19(4)30)22(33-5)13-14-28-24/h8-14,18,21,25H,6-7,15-17H2,1-5H3,(H,29,32)/t18-,21-,25-/m0/s1. The Hall–Kier alpha value is -3.86. The Labute approximate surface area is 222 Å². The average Bonchev–Trinajstić information content (AvgIpc) is 2.91. The van der Waals surface area contributed by atoms with Gasteiger partial charge in [0.15, 0.2) is 23.3 Å². The third-order valence-electron chi connectivity index (χ3n) is 5.26. The first kappa shape index (κ1) is 30.4. The summed E-state index contributed by atoms with van der Waals surface area (Å²) in [6, 6.07) is 10.7. The van der Waals surface area contributed by atoms with Crippen molar-refractivity contribution in [1.82, 2.24) is 10.3 Å². The maximum Gasteiger partial charge on any atom is 0.325 e. The largest absolute Gasteiger partial charge is 0.493 e. The first-order chi connectivity index (χ1) is 18.3. The normalized spacial score (nSPS) is 13.0. The summed E-state index contributed by atoms with van der Waals surface area (Å²) in [6.45, 7) is 6.58. The number of hydrogen-bond acceptors (Lipinski definition) is 10. The van der Waals surface area contributed by atoms with Crippen LogP contribution in [0, 0.1) is 0 Å². The lowest BCUT2D eigenvalue weighted by Crippen LogP contribution is -2.45. The predicted octanol–water partition coefficient (Wildman–Crippen LogP) is 3.30. The smallest absolute Gasteiger partial charge is 0.325 e. The topological polar surface area (TPSA) is 132 Å². The first-order valence-corrected chi connectivity index (χ1v) is 12.4. The van der Waals surface area contributed by atoms with Crippen LogP contribution in [-0.2, 0) is 23.8 Å². The minimum absolute atomic E-state index is 0.0364. The van der Waals surface area contributed by atoms with Gasteiger partial charge in [-0.3, -0.25) is 14.4 Å². The zero-order chi connectivity index (χ0) is 27.9. The lowest BCUT2D eigenvalue weighted by Gasteiger charge is -2.31. The van der Waals surface area contributed by atoms with Crippen molar-refractivity contribution < 1.29 is 42.8 Å². The second kappa shape index (κ2) is 16.1. The molecular weight excluding hydrogens is 496 g/mol. The molecule has 0 bridgehead atoms. The van der Waals surface area contributed by atoms with E-state index in [2.05, 4.69) is 10.3 Å². The average molecular weight is 533 g/mol. The van der Waals surface area contributed by atoms with Gasteiger partial charge in [-0.1, -0.05) is 32.0 Å². The zero-order valence-corrected chi connectivity index (χ0v) is 22.4. The van der Waals surface area contributed by atoms with E-state index in [0.29, 0.717) is 18.8 Å². The van der Waals surface area contributed by atoms with Gasteiger partial charge >= 0.3 is 11.9 Å². The summed E-state index contributed by atoms with van der Waals surface area (Å²) in [7, 11) is 1.39. The van der Waals surface area contributed by atoms with Crippen molar-refractivity contribution in [3.05, 3.63) is 48.3 Å². The Balaban J connectivity index is 2.06. The molecule has 2 aromatic rings. The summed E-state index contributed by atoms with van der Waals surface area (Å²) < 4.78 is 33.1. The second-order valence-electron chi connectivity index (χ2n) is 8.18. The highest BCUT2D eigenvalue weighted by Crippen LogP contribution is 2.29. The van der Waals surface area contributed by atoms with Crippen molar-refractivity contribution in [1.29, 1.82) is 0 Å². The van der Waals surface area contributed by atoms with Crippen LogP contribution in [0.25, 0.3) is 0 Å². The molecule has 3 atom stereocenters. The third kappa shape index (κ3) is 9.55. The summed E-state index contributed by atoms with van der Waals surface area (Å²) in [4.78, 5) is 40.5. The Bertz CT molecular complexity index is 1030. The molecule has 0 saturated carbocycles. The van der Waals surface area contributed by atoms with E-state index in [1.54, 1.807) is 6.92 Å². The highest BCUT2D eigenvalue weighted by molar-refractivity contribution is 5.97. The molecule has 11 nitrogen and oxygen atoms in total. The van der Waals surface area contributed by atoms with E-state index in [9.17, 15) is 14.4 Å². The molecule has 1 aromatic heterocycles. The van der Waals surface area contributed by atoms with Gasteiger partial charge < -0.3 is 33.7 Å². The van der Waals surface area contributed by atoms with Crippen molar-refractivity contribution in [2.45, 2.75) is 58.8 Å². The Morgan fingerprint density at radius 1 is 1.08 bits per heavy atom. The summed E-state index contributed by atoms with van der Waals surface area (Å²) in [5, 5.41) is 2.47. The number of hydrogen-bond donors (Lipinski definition) is 1. The number of amides is 1. The van der Waals surface area contributed by atoms with Crippen LogP contribution in [0.4, 0.5) is 0 Å². The minimum atomic E-state index is -0.707. The molecule has 0 aliphatic rings. The molecule has 0 radical (unpaired) electrons. The Morgan fingerprint density at radius 2 is 1.82 bits per heavy atom. The number of rotatable bonds is 16. The van der Waals surface area contributed by atoms with E-state index in [-0.39, 0.29) is 23.3 Å². The van der Waals surface area contributed by atoms with Crippen LogP contribution in [0.3, 0.4) is 0 Å². The highest BCUT2D eigenvalue weighted by atomic mass is 16.7. The number of para-hydroxylation sites is 1. The fourth-order valence-electron chi connectivity index (χ4n) is 3.46. The Kier molecular flexibility index (Phi) is 12.8. The molecule has 11 heteroatoms. The molecule has 1 amide bonds. The van der Waals surface area contributed by atoms with E-state index < -0.39 is 43.4 Å². The van der Waals surface area contributed by atoms with Gasteiger partial charge in [-0.15, -0.1) is 0 Å². The fraction of sp³-hybridized carbons (Fsp3) is 0.481. The minimum Gasteiger partial charge on any atom is -0.493 e. The SMILES string of the molecule is CCCO[C@@H](CC)[C@@H](Oc1ccccc1)[C@H](C)OC(=O)CNC(=O)c1nccc(OC)c1OCOC(C)=O. The van der Waals surface area contributed by atoms with Crippen molar-refractivity contribution in [2.75, 3.05) is 27.1 Å². The van der Waals surface area contributed by atoms with Gasteiger partial charge in [0, 0.05) is 25.8 Å². The van der Waals surface area contributed by atoms with Crippen LogP contribution in [0.2, 0.25) is 0 Å². The predicted molar refractivity (Wildman–Crippen MR) is 137 cm³/mol. The van der Waals surface area contributed by atoms with E-state index >= 15 is 0 Å². The molecule has 1 heterocycles. The number of nitrogens with one attached hydrogen (secondary N) is 1. The van der Waals surface area contributed by atoms with Gasteiger partial charge in [-0.25, -0.2) is 4.98 Å². The van der Waals surface area contributed by atoms with Gasteiger partial charge in [0.25, 0.3) is 5.91 Å². The van der Waals surface area contributed by atoms with E-state index in [0.717, 1.165) is 6.42 Å². The van der Waals surface area contributed by atoms with Crippen LogP contribution in [0.1, 0.15) is 51.0 Å². The van der Waals surface area contributed by atoms with Crippen LogP contribution in [0.5, 0.6) is 17.2 Å². The van der Waals surface area contributed by atoms with Crippen molar-refractivity contribution in [3.63, 3.8) is 0 Å². The lowest BCUT2D eigenvalue weighted by molar-refractivity contribution is -0.157. The van der Waals surface area contributed by atoms with Gasteiger partial charge in [-0.2, -0.15) is 0 Å². The molecule has 1 aromatic carbocycles. The molecular formula is C27H36N2O9. The maximum absolute atomic E-state index is 12.8. The molecule has 0 aliphatic carbocycles. The maximum atomic E-state index is 12.8. The second-order valence-corrected chi connectivity index (χ2v) is 8.18. The number of carbonyl (C=O) groups is 3. The number of ether oxygens (including phenoxy) is 6. The third-order valence-corrected chi connectivity index (χ3v) is 5.26. The van der Waals surface area contributed by atoms with E-state index in [1.807, 2.05) is 44.2 Å². The molecule has 0 aliphatic heterocycles. The number of methoxy groups -OCH3 is 1. The van der Waals surface area contributed by atoms with Crippen molar-refractivity contribution in [2.24, 2.45) is 0 Å². The van der Waals surface area contributed by atoms with Gasteiger partial charge in [-0.05, 0) is 31.9 Å². The number of pyridine rings is 1. The fourth-order valence-corrected chi connectivity index (χ4v) is 3.46. The number of benzene rings is 1. The molecule has 0 fully saturated rings. The summed E-state index contributed by atoms with van der Waals surface area (Å²) in [6.07, 6.45) is 1.26. The molecule has 2 rings (SSSR count). The van der Waals surface area contributed by atoms with Crippen LogP contribution < -0.4 is 19.5 Å². The van der Waals surface area contributed by atoms with Gasteiger partial charge in [0.2, 0.25) is 6.79 Å². The summed E-state index contributed by atoms with van der Waals surface area (Å²) in [5.41, 5.74) is -0.151. The Morgan fingerprint density at radius 3 is 2.45 bits per heavy atom. The number of nitrogens with zero attached hydrogens (tertiary/aromatic N) is 1. The zero-order valence-electron chi connectivity index (χ0n) is 22.4. The molecule has 38 heavy (non-hydrogen) atoms. The first-order valence-electron chi connectivity index (χ1n) is 12.4. The number of aromatic nitrogens is 1. The van der Waals surface area contributed by atoms with Crippen LogP contribution >= 0.6 is 0 Å². The number of esters is 2. The van der Waals surface area contributed by atoms with E-state index in [1.165, 1.54) is 26.3 Å². The lowest BCUT2D eigenvalue weighted by atomic mass is 10.1. The monoisotopic (exact) mass is 532 g/mol. The van der Waals surface area contributed by atoms with Gasteiger partial charge in [0.05, 0.1) is 13.2 Å². The molecule has 0 saturated heterocycles. The molecule has 208 valence electrons. The molecule has 1 N–H and O–H groups in total. The van der Waals surface area contributed by atoms with Crippen LogP contribution in [0.15, 0.2) is 42.6 Å². The van der Waals surface area contributed by atoms with Crippen LogP contribution in [-0.4, -0.2) is 68.2 Å².